The van der Waals surface area contributed by atoms with Crippen LogP contribution in [0.1, 0.15) is 13.3 Å². The Balaban J connectivity index is 3.44. The van der Waals surface area contributed by atoms with Crippen molar-refractivity contribution in [3.63, 3.8) is 0 Å². The van der Waals surface area contributed by atoms with Crippen molar-refractivity contribution in [3.8, 4) is 0 Å². The highest BCUT2D eigenvalue weighted by atomic mass is 16.6. The summed E-state index contributed by atoms with van der Waals surface area (Å²) in [6.45, 7) is 1.72. The number of carboxylic acid groups (broad SMARTS) is 1. The van der Waals surface area contributed by atoms with E-state index in [0.717, 1.165) is 0 Å². The molecule has 0 spiro atoms. The molecule has 0 heterocycles. The van der Waals surface area contributed by atoms with E-state index in [9.17, 15) is 4.79 Å². The van der Waals surface area contributed by atoms with Crippen LogP contribution in [0.5, 0.6) is 0 Å². The zero-order valence-corrected chi connectivity index (χ0v) is 6.86. The molecule has 0 fully saturated rings. The van der Waals surface area contributed by atoms with Gasteiger partial charge in [0.25, 0.3) is 0 Å². The normalized spacial score (nSPS) is 14.0. The molecule has 0 aromatic heterocycles. The van der Waals surface area contributed by atoms with E-state index in [4.69, 9.17) is 16.6 Å². The molecule has 0 aromatic carbocycles. The number of hydrogen-bond acceptors (Lipinski definition) is 4. The Bertz CT molecular complexity index is 177. The molecule has 0 amide bonds. The lowest BCUT2D eigenvalue weighted by molar-refractivity contribution is -0.139. The fourth-order valence-corrected chi connectivity index (χ4v) is 0.451. The van der Waals surface area contributed by atoms with Crippen molar-refractivity contribution in [2.24, 2.45) is 16.6 Å². The van der Waals surface area contributed by atoms with Gasteiger partial charge in [-0.15, -0.1) is 0 Å². The minimum absolute atomic E-state index is 0.155. The van der Waals surface area contributed by atoms with Crippen molar-refractivity contribution in [3.05, 3.63) is 0 Å². The Labute approximate surface area is 70.2 Å². The lowest BCUT2D eigenvalue weighted by Crippen LogP contribution is -2.31. The number of rotatable bonds is 5. The second-order valence-corrected chi connectivity index (χ2v) is 2.30. The molecule has 0 bridgehead atoms. The van der Waals surface area contributed by atoms with Gasteiger partial charge in [0.2, 0.25) is 0 Å². The smallest absolute Gasteiger partial charge is 0.320 e. The Kier molecular flexibility index (Phi) is 4.78. The number of nitrogens with two attached hydrogens (primary N) is 2. The largest absolute Gasteiger partial charge is 0.480 e. The molecule has 0 aliphatic carbocycles. The van der Waals surface area contributed by atoms with E-state index in [-0.39, 0.29) is 13.0 Å². The van der Waals surface area contributed by atoms with E-state index < -0.39 is 12.0 Å². The Morgan fingerprint density at radius 1 is 1.75 bits per heavy atom. The van der Waals surface area contributed by atoms with Crippen molar-refractivity contribution in [1.82, 2.24) is 0 Å². The third-order valence-electron chi connectivity index (χ3n) is 1.05. The van der Waals surface area contributed by atoms with Crippen molar-refractivity contribution >= 4 is 11.8 Å². The SMILES string of the molecule is CC(N)=NOCCC(N)C(=O)O. The summed E-state index contributed by atoms with van der Waals surface area (Å²) in [4.78, 5) is 14.8. The average Bonchev–Trinajstić information content (AvgIpc) is 1.97. The number of aliphatic carboxylic acids is 1. The topological polar surface area (TPSA) is 111 Å². The molecule has 0 aliphatic rings. The van der Waals surface area contributed by atoms with E-state index in [0.29, 0.717) is 5.84 Å². The minimum Gasteiger partial charge on any atom is -0.480 e. The van der Waals surface area contributed by atoms with Gasteiger partial charge in [-0.2, -0.15) is 0 Å². The highest BCUT2D eigenvalue weighted by molar-refractivity contribution is 5.76. The van der Waals surface area contributed by atoms with Gasteiger partial charge in [-0.05, 0) is 6.92 Å². The van der Waals surface area contributed by atoms with Crippen molar-refractivity contribution in [2.45, 2.75) is 19.4 Å². The Morgan fingerprint density at radius 3 is 2.75 bits per heavy atom. The number of carbonyl (C=O) groups is 1. The molecule has 0 rings (SSSR count). The van der Waals surface area contributed by atoms with Crippen LogP contribution in [0.4, 0.5) is 0 Å². The van der Waals surface area contributed by atoms with E-state index in [2.05, 4.69) is 9.99 Å². The fraction of sp³-hybridized carbons (Fsp3) is 0.667. The summed E-state index contributed by atoms with van der Waals surface area (Å²) < 4.78 is 0. The van der Waals surface area contributed by atoms with Crippen LogP contribution in [0.15, 0.2) is 5.16 Å². The average molecular weight is 175 g/mol. The summed E-state index contributed by atoms with van der Waals surface area (Å²) in [7, 11) is 0. The molecule has 0 aromatic rings. The van der Waals surface area contributed by atoms with Gasteiger partial charge < -0.3 is 21.4 Å². The van der Waals surface area contributed by atoms with E-state index in [1.165, 1.54) is 0 Å². The summed E-state index contributed by atoms with van der Waals surface area (Å²) in [6, 6.07) is -0.904. The van der Waals surface area contributed by atoms with E-state index in [1.807, 2.05) is 0 Å². The first-order valence-corrected chi connectivity index (χ1v) is 3.44. The lowest BCUT2D eigenvalue weighted by atomic mass is 10.2. The van der Waals surface area contributed by atoms with E-state index in [1.54, 1.807) is 6.92 Å². The second kappa shape index (κ2) is 5.36. The summed E-state index contributed by atoms with van der Waals surface area (Å²) in [5.74, 6) is -0.758. The van der Waals surface area contributed by atoms with Crippen LogP contribution in [-0.2, 0) is 9.63 Å². The fourth-order valence-electron chi connectivity index (χ4n) is 0.451. The van der Waals surface area contributed by atoms with Gasteiger partial charge in [-0.1, -0.05) is 5.16 Å². The summed E-state index contributed by atoms with van der Waals surface area (Å²) in [5, 5.41) is 11.8. The van der Waals surface area contributed by atoms with E-state index >= 15 is 0 Å². The number of amidine groups is 1. The van der Waals surface area contributed by atoms with Crippen LogP contribution in [0.3, 0.4) is 0 Å². The van der Waals surface area contributed by atoms with Gasteiger partial charge in [0.1, 0.15) is 18.5 Å². The first-order valence-electron chi connectivity index (χ1n) is 3.44. The maximum atomic E-state index is 10.2. The maximum Gasteiger partial charge on any atom is 0.320 e. The molecule has 0 aliphatic heterocycles. The zero-order chi connectivity index (χ0) is 9.56. The molecule has 0 radical (unpaired) electrons. The summed E-state index contributed by atoms with van der Waals surface area (Å²) >= 11 is 0. The van der Waals surface area contributed by atoms with Crippen LogP contribution in [0, 0.1) is 0 Å². The van der Waals surface area contributed by atoms with Crippen molar-refractivity contribution < 1.29 is 14.7 Å². The molecule has 70 valence electrons. The van der Waals surface area contributed by atoms with Crippen LogP contribution in [0.2, 0.25) is 0 Å². The lowest BCUT2D eigenvalue weighted by Gasteiger charge is -2.03. The highest BCUT2D eigenvalue weighted by Gasteiger charge is 2.10. The zero-order valence-electron chi connectivity index (χ0n) is 6.86. The third-order valence-corrected chi connectivity index (χ3v) is 1.05. The number of carboxylic acids is 1. The van der Waals surface area contributed by atoms with Gasteiger partial charge in [0.15, 0.2) is 0 Å². The number of hydrogen-bond donors (Lipinski definition) is 3. The molecule has 12 heavy (non-hydrogen) atoms. The standard InChI is InChI=1S/C6H13N3O3/c1-4(7)9-12-3-2-5(8)6(10)11/h5H,2-3,8H2,1H3,(H2,7,9)(H,10,11). The number of nitrogens with zero attached hydrogens (tertiary/aromatic N) is 1. The van der Waals surface area contributed by atoms with Crippen LogP contribution >= 0.6 is 0 Å². The highest BCUT2D eigenvalue weighted by Crippen LogP contribution is 1.89. The van der Waals surface area contributed by atoms with Gasteiger partial charge in [-0.3, -0.25) is 4.79 Å². The van der Waals surface area contributed by atoms with Gasteiger partial charge >= 0.3 is 5.97 Å². The minimum atomic E-state index is -1.05. The first-order chi connectivity index (χ1) is 5.54. The monoisotopic (exact) mass is 175 g/mol. The number of oxime groups is 1. The molecule has 0 saturated heterocycles. The molecule has 6 nitrogen and oxygen atoms in total. The first kappa shape index (κ1) is 10.7. The predicted octanol–water partition coefficient (Wildman–Crippen LogP) is -0.903. The van der Waals surface area contributed by atoms with Gasteiger partial charge in [0, 0.05) is 6.42 Å². The summed E-state index contributed by atoms with van der Waals surface area (Å²) in [5.41, 5.74) is 10.3. The van der Waals surface area contributed by atoms with Gasteiger partial charge in [0.05, 0.1) is 0 Å². The molecular formula is C6H13N3O3. The van der Waals surface area contributed by atoms with Crippen molar-refractivity contribution in [1.29, 1.82) is 0 Å². The Morgan fingerprint density at radius 2 is 2.33 bits per heavy atom. The van der Waals surface area contributed by atoms with Crippen LogP contribution in [-0.4, -0.2) is 29.6 Å². The molecule has 1 atom stereocenters. The van der Waals surface area contributed by atoms with Crippen LogP contribution < -0.4 is 11.5 Å². The molecular weight excluding hydrogens is 162 g/mol. The molecule has 0 saturated carbocycles. The van der Waals surface area contributed by atoms with Crippen molar-refractivity contribution in [2.75, 3.05) is 6.61 Å². The molecule has 1 unspecified atom stereocenters. The quantitative estimate of drug-likeness (QED) is 0.217. The van der Waals surface area contributed by atoms with Crippen LogP contribution in [0.25, 0.3) is 0 Å². The maximum absolute atomic E-state index is 10.2. The third kappa shape index (κ3) is 5.48. The second-order valence-electron chi connectivity index (χ2n) is 2.30. The summed E-state index contributed by atoms with van der Waals surface area (Å²) in [6.07, 6.45) is 0.214. The van der Waals surface area contributed by atoms with Gasteiger partial charge in [-0.25, -0.2) is 0 Å². The predicted molar refractivity (Wildman–Crippen MR) is 43.5 cm³/mol. The Hall–Kier alpha value is -1.30. The molecule has 5 N–H and O–H groups in total. The molecule has 6 heteroatoms.